The van der Waals surface area contributed by atoms with Crippen molar-refractivity contribution in [2.75, 3.05) is 27.4 Å². The molecule has 28 heavy (non-hydrogen) atoms. The average molecular weight is 391 g/mol. The van der Waals surface area contributed by atoms with Crippen molar-refractivity contribution < 1.29 is 28.6 Å². The number of hydrogen-bond acceptors (Lipinski definition) is 7. The first-order valence-corrected chi connectivity index (χ1v) is 8.54. The Morgan fingerprint density at radius 2 is 1.71 bits per heavy atom. The number of hydrogen-bond donors (Lipinski definition) is 2. The van der Waals surface area contributed by atoms with Crippen LogP contribution in [0.3, 0.4) is 0 Å². The number of esters is 1. The molecule has 0 aromatic heterocycles. The second-order valence-electron chi connectivity index (χ2n) is 6.46. The van der Waals surface area contributed by atoms with E-state index in [1.807, 2.05) is 6.07 Å². The predicted octanol–water partition coefficient (Wildman–Crippen LogP) is 1.03. The Labute approximate surface area is 163 Å². The van der Waals surface area contributed by atoms with Gasteiger partial charge in [-0.05, 0) is 25.0 Å². The molecule has 2 N–H and O–H groups in total. The zero-order chi connectivity index (χ0) is 21.3. The Bertz CT molecular complexity index is 749. The second kappa shape index (κ2) is 10.2. The summed E-state index contributed by atoms with van der Waals surface area (Å²) in [5.74, 6) is -1.20. The summed E-state index contributed by atoms with van der Waals surface area (Å²) in [5.41, 5.74) is -0.827. The quantitative estimate of drug-likeness (QED) is 0.602. The molecule has 9 nitrogen and oxygen atoms in total. The van der Waals surface area contributed by atoms with Crippen LogP contribution in [0.1, 0.15) is 31.1 Å². The molecule has 1 aromatic carbocycles. The number of amides is 2. The summed E-state index contributed by atoms with van der Waals surface area (Å²) >= 11 is 0. The maximum atomic E-state index is 12.2. The highest BCUT2D eigenvalue weighted by atomic mass is 16.5. The van der Waals surface area contributed by atoms with E-state index in [1.54, 1.807) is 26.8 Å². The summed E-state index contributed by atoms with van der Waals surface area (Å²) in [6, 6.07) is 6.61. The number of ether oxygens (including phenoxy) is 3. The number of rotatable bonds is 9. The Morgan fingerprint density at radius 1 is 1.14 bits per heavy atom. The van der Waals surface area contributed by atoms with Gasteiger partial charge in [0.15, 0.2) is 6.61 Å². The monoisotopic (exact) mass is 391 g/mol. The van der Waals surface area contributed by atoms with Gasteiger partial charge in [0, 0.05) is 11.6 Å². The van der Waals surface area contributed by atoms with Gasteiger partial charge < -0.3 is 24.8 Å². The molecular weight excluding hydrogens is 366 g/mol. The molecule has 0 unspecified atom stereocenters. The third-order valence-electron chi connectivity index (χ3n) is 4.16. The number of carbonyl (C=O) groups excluding carboxylic acids is 3. The molecule has 0 radical (unpaired) electrons. The highest BCUT2D eigenvalue weighted by molar-refractivity contribution is 5.96. The lowest BCUT2D eigenvalue weighted by Crippen LogP contribution is -2.50. The van der Waals surface area contributed by atoms with E-state index in [4.69, 9.17) is 14.2 Å². The molecule has 2 amide bonds. The van der Waals surface area contributed by atoms with Gasteiger partial charge in [0.05, 0.1) is 20.3 Å². The summed E-state index contributed by atoms with van der Waals surface area (Å²) in [5, 5.41) is 14.1. The first-order chi connectivity index (χ1) is 13.1. The van der Waals surface area contributed by atoms with E-state index in [2.05, 4.69) is 10.6 Å². The van der Waals surface area contributed by atoms with Crippen LogP contribution in [0.15, 0.2) is 18.2 Å². The lowest BCUT2D eigenvalue weighted by Gasteiger charge is -2.27. The normalized spacial score (nSPS) is 12.3. The van der Waals surface area contributed by atoms with E-state index in [-0.39, 0.29) is 11.5 Å². The first-order valence-electron chi connectivity index (χ1n) is 8.54. The Hall–Kier alpha value is -3.28. The van der Waals surface area contributed by atoms with Crippen LogP contribution in [0.2, 0.25) is 0 Å². The number of nitrogens with zero attached hydrogens (tertiary/aromatic N) is 1. The zero-order valence-electron chi connectivity index (χ0n) is 16.6. The van der Waals surface area contributed by atoms with Gasteiger partial charge in [-0.15, -0.1) is 0 Å². The largest absolute Gasteiger partial charge is 0.497 e. The van der Waals surface area contributed by atoms with Crippen LogP contribution in [0.5, 0.6) is 11.5 Å². The summed E-state index contributed by atoms with van der Waals surface area (Å²) in [7, 11) is 2.91. The van der Waals surface area contributed by atoms with Crippen molar-refractivity contribution >= 4 is 17.8 Å². The van der Waals surface area contributed by atoms with Gasteiger partial charge in [0.1, 0.15) is 23.6 Å². The molecule has 0 saturated heterocycles. The van der Waals surface area contributed by atoms with Crippen molar-refractivity contribution in [1.82, 2.24) is 10.6 Å². The zero-order valence-corrected chi connectivity index (χ0v) is 16.6. The lowest BCUT2D eigenvalue weighted by molar-refractivity contribution is -0.147. The molecular formula is C19H25N3O6. The fourth-order valence-corrected chi connectivity index (χ4v) is 2.02. The van der Waals surface area contributed by atoms with Crippen LogP contribution >= 0.6 is 0 Å². The van der Waals surface area contributed by atoms with Gasteiger partial charge in [-0.1, -0.05) is 13.8 Å². The minimum Gasteiger partial charge on any atom is -0.497 e. The summed E-state index contributed by atoms with van der Waals surface area (Å²) in [6.07, 6.45) is 0. The molecule has 0 heterocycles. The van der Waals surface area contributed by atoms with Gasteiger partial charge in [-0.2, -0.15) is 5.26 Å². The summed E-state index contributed by atoms with van der Waals surface area (Å²) in [4.78, 5) is 35.8. The van der Waals surface area contributed by atoms with E-state index in [9.17, 15) is 19.6 Å². The molecule has 0 fully saturated rings. The molecule has 1 rings (SSSR count). The van der Waals surface area contributed by atoms with Gasteiger partial charge in [-0.3, -0.25) is 14.4 Å². The van der Waals surface area contributed by atoms with Crippen molar-refractivity contribution in [3.05, 3.63) is 23.8 Å². The van der Waals surface area contributed by atoms with Crippen molar-refractivity contribution in [3.63, 3.8) is 0 Å². The van der Waals surface area contributed by atoms with Crippen LogP contribution in [0.25, 0.3) is 0 Å². The molecule has 1 aromatic rings. The van der Waals surface area contributed by atoms with Gasteiger partial charge in [-0.25, -0.2) is 0 Å². The maximum Gasteiger partial charge on any atom is 0.325 e. The molecule has 0 aliphatic carbocycles. The topological polar surface area (TPSA) is 127 Å². The third kappa shape index (κ3) is 6.46. The Morgan fingerprint density at radius 3 is 2.18 bits per heavy atom. The highest BCUT2D eigenvalue weighted by Gasteiger charge is 2.30. The van der Waals surface area contributed by atoms with E-state index in [0.717, 1.165) is 0 Å². The first kappa shape index (κ1) is 22.8. The van der Waals surface area contributed by atoms with Gasteiger partial charge in [0.2, 0.25) is 0 Å². The van der Waals surface area contributed by atoms with E-state index < -0.39 is 36.5 Å². The smallest absolute Gasteiger partial charge is 0.325 e. The minimum atomic E-state index is -1.07. The van der Waals surface area contributed by atoms with Crippen molar-refractivity contribution in [2.24, 2.45) is 5.92 Å². The summed E-state index contributed by atoms with van der Waals surface area (Å²) in [6.45, 7) is 4.19. The molecule has 0 bridgehead atoms. The molecule has 0 aliphatic heterocycles. The SMILES string of the molecule is COc1cc(OC)cc(C(=O)NCC(=O)OCC(=O)N[C@](C)(C#N)C(C)C)c1. The fraction of sp³-hybridized carbons (Fsp3) is 0.474. The Balaban J connectivity index is 2.54. The molecule has 0 saturated carbocycles. The summed E-state index contributed by atoms with van der Waals surface area (Å²) < 4.78 is 15.0. The highest BCUT2D eigenvalue weighted by Crippen LogP contribution is 2.22. The van der Waals surface area contributed by atoms with E-state index in [0.29, 0.717) is 11.5 Å². The van der Waals surface area contributed by atoms with Crippen molar-refractivity contribution in [3.8, 4) is 17.6 Å². The number of nitrogens with one attached hydrogen (secondary N) is 2. The van der Waals surface area contributed by atoms with Crippen LogP contribution in [0, 0.1) is 17.2 Å². The van der Waals surface area contributed by atoms with Crippen LogP contribution < -0.4 is 20.1 Å². The van der Waals surface area contributed by atoms with Crippen LogP contribution in [-0.2, 0) is 14.3 Å². The van der Waals surface area contributed by atoms with Crippen LogP contribution in [0.4, 0.5) is 0 Å². The average Bonchev–Trinajstić information content (AvgIpc) is 2.69. The molecule has 0 aliphatic rings. The van der Waals surface area contributed by atoms with Gasteiger partial charge in [0.25, 0.3) is 11.8 Å². The molecule has 1 atom stereocenters. The number of methoxy groups -OCH3 is 2. The lowest BCUT2D eigenvalue weighted by atomic mass is 9.90. The van der Waals surface area contributed by atoms with E-state index >= 15 is 0 Å². The molecule has 0 spiro atoms. The van der Waals surface area contributed by atoms with Gasteiger partial charge >= 0.3 is 5.97 Å². The van der Waals surface area contributed by atoms with E-state index in [1.165, 1.54) is 26.4 Å². The standard InChI is InChI=1S/C19H25N3O6/c1-12(2)19(3,11-20)22-16(23)10-28-17(24)9-21-18(25)13-6-14(26-4)8-15(7-13)27-5/h6-8,12H,9-10H2,1-5H3,(H,21,25)(H,22,23)/t19-/m1/s1. The van der Waals surface area contributed by atoms with Crippen molar-refractivity contribution in [1.29, 1.82) is 5.26 Å². The second-order valence-corrected chi connectivity index (χ2v) is 6.46. The Kier molecular flexibility index (Phi) is 8.26. The fourth-order valence-electron chi connectivity index (χ4n) is 2.02. The number of nitriles is 1. The van der Waals surface area contributed by atoms with Crippen molar-refractivity contribution in [2.45, 2.75) is 26.3 Å². The molecule has 152 valence electrons. The number of carbonyl (C=O) groups is 3. The van der Waals surface area contributed by atoms with Crippen LogP contribution in [-0.4, -0.2) is 50.7 Å². The number of benzene rings is 1. The third-order valence-corrected chi connectivity index (χ3v) is 4.16. The minimum absolute atomic E-state index is 0.128. The maximum absolute atomic E-state index is 12.2. The predicted molar refractivity (Wildman–Crippen MR) is 99.8 cm³/mol. The molecule has 9 heteroatoms.